The van der Waals surface area contributed by atoms with Crippen LogP contribution in [0.4, 0.5) is 10.1 Å². The molecule has 0 heterocycles. The molecule has 0 fully saturated rings. The van der Waals surface area contributed by atoms with E-state index in [1.54, 1.807) is 29.2 Å². The zero-order valence-corrected chi connectivity index (χ0v) is 11.9. The van der Waals surface area contributed by atoms with E-state index in [-0.39, 0.29) is 31.1 Å². The van der Waals surface area contributed by atoms with Crippen molar-refractivity contribution in [1.82, 2.24) is 0 Å². The zero-order chi connectivity index (χ0) is 15.9. The molecule has 0 aromatic heterocycles. The van der Waals surface area contributed by atoms with Crippen LogP contribution >= 0.6 is 0 Å². The normalized spacial score (nSPS) is 10.2. The lowest BCUT2D eigenvalue weighted by atomic mass is 10.1. The van der Waals surface area contributed by atoms with Crippen LogP contribution in [0.15, 0.2) is 54.6 Å². The van der Waals surface area contributed by atoms with Gasteiger partial charge in [-0.3, -0.25) is 9.59 Å². The second-order valence-corrected chi connectivity index (χ2v) is 4.83. The molecule has 5 heteroatoms. The number of carbonyl (C=O) groups is 2. The van der Waals surface area contributed by atoms with E-state index >= 15 is 0 Å². The van der Waals surface area contributed by atoms with Gasteiger partial charge < -0.3 is 10.0 Å². The molecule has 2 rings (SSSR count). The van der Waals surface area contributed by atoms with Crippen molar-refractivity contribution in [2.24, 2.45) is 0 Å². The lowest BCUT2D eigenvalue weighted by Crippen LogP contribution is -2.32. The van der Waals surface area contributed by atoms with Gasteiger partial charge in [-0.25, -0.2) is 4.39 Å². The van der Waals surface area contributed by atoms with Gasteiger partial charge in [0.05, 0.1) is 13.0 Å². The smallest absolute Gasteiger partial charge is 0.305 e. The van der Waals surface area contributed by atoms with Gasteiger partial charge in [-0.2, -0.15) is 0 Å². The Morgan fingerprint density at radius 1 is 1.00 bits per heavy atom. The molecule has 0 saturated carbocycles. The van der Waals surface area contributed by atoms with E-state index in [0.717, 1.165) is 0 Å². The maximum absolute atomic E-state index is 13.0. The van der Waals surface area contributed by atoms with Crippen molar-refractivity contribution in [2.45, 2.75) is 6.42 Å². The fraction of sp³-hybridized carbons (Fsp3) is 0.176. The third-order valence-corrected chi connectivity index (χ3v) is 3.22. The van der Waals surface area contributed by atoms with Crippen molar-refractivity contribution in [1.29, 1.82) is 0 Å². The molecular weight excluding hydrogens is 285 g/mol. The Hall–Kier alpha value is -2.69. The van der Waals surface area contributed by atoms with Gasteiger partial charge in [0.25, 0.3) is 0 Å². The average Bonchev–Trinajstić information content (AvgIpc) is 2.53. The van der Waals surface area contributed by atoms with Crippen molar-refractivity contribution in [3.63, 3.8) is 0 Å². The van der Waals surface area contributed by atoms with Gasteiger partial charge in [-0.15, -0.1) is 0 Å². The lowest BCUT2D eigenvalue weighted by molar-refractivity contribution is -0.136. The van der Waals surface area contributed by atoms with Gasteiger partial charge in [0.15, 0.2) is 5.78 Å². The SMILES string of the molecule is O=C(O)CCN(CC(=O)c1ccccc1)c1ccc(F)cc1. The number of carboxylic acids is 1. The van der Waals surface area contributed by atoms with Gasteiger partial charge in [0.2, 0.25) is 0 Å². The second-order valence-electron chi connectivity index (χ2n) is 4.83. The van der Waals surface area contributed by atoms with Crippen molar-refractivity contribution in [3.8, 4) is 0 Å². The van der Waals surface area contributed by atoms with Crippen LogP contribution in [0, 0.1) is 5.82 Å². The molecule has 0 bridgehead atoms. The first-order valence-electron chi connectivity index (χ1n) is 6.87. The Bertz CT molecular complexity index is 641. The van der Waals surface area contributed by atoms with Gasteiger partial charge in [0, 0.05) is 17.8 Å². The monoisotopic (exact) mass is 301 g/mol. The number of aliphatic carboxylic acids is 1. The molecule has 4 nitrogen and oxygen atoms in total. The fourth-order valence-electron chi connectivity index (χ4n) is 2.07. The summed E-state index contributed by atoms with van der Waals surface area (Å²) < 4.78 is 13.0. The molecule has 0 aliphatic heterocycles. The molecule has 1 N–H and O–H groups in total. The van der Waals surface area contributed by atoms with E-state index < -0.39 is 5.97 Å². The molecule has 0 saturated heterocycles. The first kappa shape index (κ1) is 15.7. The van der Waals surface area contributed by atoms with Crippen molar-refractivity contribution >= 4 is 17.4 Å². The Labute approximate surface area is 127 Å². The van der Waals surface area contributed by atoms with Crippen LogP contribution in [0.25, 0.3) is 0 Å². The van der Waals surface area contributed by atoms with E-state index in [9.17, 15) is 14.0 Å². The summed E-state index contributed by atoms with van der Waals surface area (Å²) in [5.41, 5.74) is 1.18. The molecule has 0 radical (unpaired) electrons. The Balaban J connectivity index is 2.15. The third kappa shape index (κ3) is 4.41. The topological polar surface area (TPSA) is 57.6 Å². The molecule has 2 aromatic rings. The number of hydrogen-bond acceptors (Lipinski definition) is 3. The van der Waals surface area contributed by atoms with Gasteiger partial charge in [0.1, 0.15) is 5.82 Å². The number of anilines is 1. The highest BCUT2D eigenvalue weighted by atomic mass is 19.1. The highest BCUT2D eigenvalue weighted by Gasteiger charge is 2.14. The number of ketones is 1. The zero-order valence-electron chi connectivity index (χ0n) is 11.9. The highest BCUT2D eigenvalue weighted by molar-refractivity contribution is 5.99. The number of hydrogen-bond donors (Lipinski definition) is 1. The number of halogens is 1. The molecule has 0 spiro atoms. The summed E-state index contributed by atoms with van der Waals surface area (Å²) >= 11 is 0. The van der Waals surface area contributed by atoms with Crippen LogP contribution < -0.4 is 4.90 Å². The third-order valence-electron chi connectivity index (χ3n) is 3.22. The summed E-state index contributed by atoms with van der Waals surface area (Å²) in [6.45, 7) is 0.225. The number of nitrogens with zero attached hydrogens (tertiary/aromatic N) is 1. The van der Waals surface area contributed by atoms with Crippen molar-refractivity contribution in [2.75, 3.05) is 18.0 Å². The Morgan fingerprint density at radius 3 is 2.23 bits per heavy atom. The molecule has 0 aliphatic carbocycles. The lowest BCUT2D eigenvalue weighted by Gasteiger charge is -2.23. The minimum atomic E-state index is -0.945. The number of benzene rings is 2. The van der Waals surface area contributed by atoms with E-state index in [0.29, 0.717) is 11.3 Å². The van der Waals surface area contributed by atoms with Gasteiger partial charge in [-0.05, 0) is 24.3 Å². The minimum Gasteiger partial charge on any atom is -0.481 e. The van der Waals surface area contributed by atoms with Crippen LogP contribution in [-0.4, -0.2) is 29.9 Å². The molecule has 0 aliphatic rings. The van der Waals surface area contributed by atoms with Crippen LogP contribution in [0.3, 0.4) is 0 Å². The quantitative estimate of drug-likeness (QED) is 0.799. The number of Topliss-reactive ketones (excluding diaryl/α,β-unsaturated/α-hetero) is 1. The highest BCUT2D eigenvalue weighted by Crippen LogP contribution is 2.16. The Kier molecular flexibility index (Phi) is 5.25. The van der Waals surface area contributed by atoms with Crippen molar-refractivity contribution in [3.05, 3.63) is 66.0 Å². The summed E-state index contributed by atoms with van der Waals surface area (Å²) in [5.74, 6) is -1.44. The van der Waals surface area contributed by atoms with Crippen LogP contribution in [0.5, 0.6) is 0 Å². The maximum Gasteiger partial charge on any atom is 0.305 e. The molecule has 0 unspecified atom stereocenters. The second kappa shape index (κ2) is 7.36. The van der Waals surface area contributed by atoms with E-state index in [1.165, 1.54) is 24.3 Å². The maximum atomic E-state index is 13.0. The first-order chi connectivity index (χ1) is 10.6. The number of carboxylic acid groups (broad SMARTS) is 1. The summed E-state index contributed by atoms with van der Waals surface area (Å²) in [4.78, 5) is 24.7. The van der Waals surface area contributed by atoms with E-state index in [1.807, 2.05) is 6.07 Å². The fourth-order valence-corrected chi connectivity index (χ4v) is 2.07. The molecule has 0 atom stereocenters. The average molecular weight is 301 g/mol. The standard InChI is InChI=1S/C17H16FNO3/c18-14-6-8-15(9-7-14)19(11-10-17(21)22)12-16(20)13-4-2-1-3-5-13/h1-9H,10-12H2,(H,21,22). The van der Waals surface area contributed by atoms with Crippen LogP contribution in [0.1, 0.15) is 16.8 Å². The van der Waals surface area contributed by atoms with Gasteiger partial charge >= 0.3 is 5.97 Å². The molecule has 22 heavy (non-hydrogen) atoms. The van der Waals surface area contributed by atoms with Gasteiger partial charge in [-0.1, -0.05) is 30.3 Å². The van der Waals surface area contributed by atoms with Crippen LogP contribution in [0.2, 0.25) is 0 Å². The number of rotatable bonds is 7. The largest absolute Gasteiger partial charge is 0.481 e. The summed E-state index contributed by atoms with van der Waals surface area (Å²) in [7, 11) is 0. The molecular formula is C17H16FNO3. The summed E-state index contributed by atoms with van der Waals surface area (Å²) in [6.07, 6.45) is -0.0978. The minimum absolute atomic E-state index is 0.0446. The molecule has 0 amide bonds. The predicted molar refractivity (Wildman–Crippen MR) is 81.6 cm³/mol. The summed E-state index contributed by atoms with van der Waals surface area (Å²) in [5, 5.41) is 8.83. The van der Waals surface area contributed by atoms with E-state index in [4.69, 9.17) is 5.11 Å². The van der Waals surface area contributed by atoms with Crippen LogP contribution in [-0.2, 0) is 4.79 Å². The predicted octanol–water partition coefficient (Wildman–Crippen LogP) is 2.99. The molecule has 2 aromatic carbocycles. The Morgan fingerprint density at radius 2 is 1.64 bits per heavy atom. The van der Waals surface area contributed by atoms with Crippen molar-refractivity contribution < 1.29 is 19.1 Å². The first-order valence-corrected chi connectivity index (χ1v) is 6.87. The summed E-state index contributed by atoms with van der Waals surface area (Å²) in [6, 6.07) is 14.4. The van der Waals surface area contributed by atoms with E-state index in [2.05, 4.69) is 0 Å². The molecule has 114 valence electrons. The number of carbonyl (C=O) groups excluding carboxylic acids is 1.